The minimum absolute atomic E-state index is 0.649. The highest BCUT2D eigenvalue weighted by Crippen LogP contribution is 2.14. The van der Waals surface area contributed by atoms with Gasteiger partial charge in [-0.3, -0.25) is 0 Å². The number of aryl methyl sites for hydroxylation is 1. The molecule has 2 aromatic heterocycles. The summed E-state index contributed by atoms with van der Waals surface area (Å²) in [4.78, 5) is 0. The lowest BCUT2D eigenvalue weighted by atomic mass is 10.2. The molecule has 0 aromatic carbocycles. The summed E-state index contributed by atoms with van der Waals surface area (Å²) in [6.45, 7) is 8.15. The van der Waals surface area contributed by atoms with Gasteiger partial charge in [0.15, 0.2) is 0 Å². The summed E-state index contributed by atoms with van der Waals surface area (Å²) < 4.78 is 1.76. The van der Waals surface area contributed by atoms with E-state index >= 15 is 0 Å². The molecule has 0 amide bonds. The van der Waals surface area contributed by atoms with Gasteiger partial charge in [-0.05, 0) is 24.9 Å². The Balaban J connectivity index is 1.96. The predicted molar refractivity (Wildman–Crippen MR) is 68.3 cm³/mol. The Labute approximate surface area is 105 Å². The van der Waals surface area contributed by atoms with Gasteiger partial charge in [-0.25, -0.2) is 4.68 Å². The van der Waals surface area contributed by atoms with Crippen molar-refractivity contribution in [2.24, 2.45) is 5.92 Å². The molecule has 0 fully saturated rings. The number of aromatic nitrogens is 4. The smallest absolute Gasteiger partial charge is 0.232 e. The Morgan fingerprint density at radius 2 is 2.24 bits per heavy atom. The van der Waals surface area contributed by atoms with Crippen molar-refractivity contribution in [3.63, 3.8) is 0 Å². The molecule has 0 bridgehead atoms. The fourth-order valence-electron chi connectivity index (χ4n) is 1.39. The first kappa shape index (κ1) is 12.2. The average Bonchev–Trinajstić information content (AvgIpc) is 2.86. The van der Waals surface area contributed by atoms with Crippen molar-refractivity contribution < 1.29 is 0 Å². The Bertz CT molecular complexity index is 474. The van der Waals surface area contributed by atoms with Gasteiger partial charge in [0.2, 0.25) is 5.13 Å². The second-order valence-corrected chi connectivity index (χ2v) is 5.51. The maximum absolute atomic E-state index is 4.21. The van der Waals surface area contributed by atoms with Crippen LogP contribution in [0.4, 0.5) is 0 Å². The molecule has 2 heterocycles. The van der Waals surface area contributed by atoms with Crippen LogP contribution >= 0.6 is 11.3 Å². The van der Waals surface area contributed by atoms with Gasteiger partial charge < -0.3 is 5.32 Å². The molecule has 2 aromatic rings. The Hall–Kier alpha value is -1.27. The lowest BCUT2D eigenvalue weighted by Crippen LogP contribution is -2.18. The number of hydrogen-bond donors (Lipinski definition) is 1. The highest BCUT2D eigenvalue weighted by atomic mass is 32.1. The summed E-state index contributed by atoms with van der Waals surface area (Å²) in [5, 5.41) is 17.6. The van der Waals surface area contributed by atoms with Crippen LogP contribution in [0.3, 0.4) is 0 Å². The summed E-state index contributed by atoms with van der Waals surface area (Å²) in [6, 6.07) is 0. The summed E-state index contributed by atoms with van der Waals surface area (Å²) in [5.74, 6) is 0.649. The zero-order chi connectivity index (χ0) is 12.3. The number of nitrogens with one attached hydrogen (secondary N) is 1. The van der Waals surface area contributed by atoms with E-state index in [4.69, 9.17) is 0 Å². The topological polar surface area (TPSA) is 55.6 Å². The normalized spacial score (nSPS) is 11.3. The second-order valence-electron chi connectivity index (χ2n) is 4.47. The van der Waals surface area contributed by atoms with E-state index in [0.717, 1.165) is 28.8 Å². The molecule has 0 radical (unpaired) electrons. The van der Waals surface area contributed by atoms with Crippen molar-refractivity contribution in [1.82, 2.24) is 25.3 Å². The first-order valence-electron chi connectivity index (χ1n) is 5.70. The molecule has 0 saturated carbocycles. The maximum Gasteiger partial charge on any atom is 0.232 e. The Kier molecular flexibility index (Phi) is 3.86. The van der Waals surface area contributed by atoms with E-state index in [1.807, 2.05) is 19.3 Å². The van der Waals surface area contributed by atoms with Crippen molar-refractivity contribution in [2.45, 2.75) is 27.3 Å². The molecule has 1 N–H and O–H groups in total. The van der Waals surface area contributed by atoms with Gasteiger partial charge in [-0.2, -0.15) is 5.10 Å². The van der Waals surface area contributed by atoms with Crippen LogP contribution in [0.25, 0.3) is 5.13 Å². The van der Waals surface area contributed by atoms with E-state index in [-0.39, 0.29) is 0 Å². The number of hydrogen-bond acceptors (Lipinski definition) is 5. The molecule has 0 aliphatic carbocycles. The van der Waals surface area contributed by atoms with Crippen LogP contribution in [-0.2, 0) is 6.54 Å². The van der Waals surface area contributed by atoms with E-state index in [1.165, 1.54) is 0 Å². The summed E-state index contributed by atoms with van der Waals surface area (Å²) in [5.41, 5.74) is 1.12. The van der Waals surface area contributed by atoms with Crippen LogP contribution in [0.1, 0.15) is 24.4 Å². The highest BCUT2D eigenvalue weighted by molar-refractivity contribution is 7.13. The molecule has 2 rings (SSSR count). The van der Waals surface area contributed by atoms with Crippen molar-refractivity contribution in [2.75, 3.05) is 6.54 Å². The van der Waals surface area contributed by atoms with Gasteiger partial charge in [0.25, 0.3) is 0 Å². The lowest BCUT2D eigenvalue weighted by Gasteiger charge is -2.03. The minimum Gasteiger partial charge on any atom is -0.310 e. The Morgan fingerprint density at radius 1 is 1.41 bits per heavy atom. The van der Waals surface area contributed by atoms with Crippen LogP contribution in [-0.4, -0.2) is 26.5 Å². The predicted octanol–water partition coefficient (Wildman–Crippen LogP) is 1.78. The third-order valence-electron chi connectivity index (χ3n) is 2.19. The molecule has 6 heteroatoms. The van der Waals surface area contributed by atoms with Crippen LogP contribution in [0.5, 0.6) is 0 Å². The van der Waals surface area contributed by atoms with Crippen molar-refractivity contribution >= 4 is 11.3 Å². The minimum atomic E-state index is 0.649. The van der Waals surface area contributed by atoms with Crippen LogP contribution in [0, 0.1) is 12.8 Å². The van der Waals surface area contributed by atoms with E-state index in [0.29, 0.717) is 5.92 Å². The van der Waals surface area contributed by atoms with E-state index in [1.54, 1.807) is 16.0 Å². The highest BCUT2D eigenvalue weighted by Gasteiger charge is 2.06. The zero-order valence-corrected chi connectivity index (χ0v) is 11.2. The maximum atomic E-state index is 4.21. The summed E-state index contributed by atoms with van der Waals surface area (Å²) >= 11 is 1.57. The van der Waals surface area contributed by atoms with Gasteiger partial charge in [0.1, 0.15) is 5.01 Å². The monoisotopic (exact) mass is 251 g/mol. The van der Waals surface area contributed by atoms with E-state index in [9.17, 15) is 0 Å². The van der Waals surface area contributed by atoms with Crippen molar-refractivity contribution in [3.05, 3.63) is 23.0 Å². The molecule has 0 aliphatic heterocycles. The molecule has 92 valence electrons. The van der Waals surface area contributed by atoms with Crippen molar-refractivity contribution in [3.8, 4) is 5.13 Å². The van der Waals surface area contributed by atoms with Crippen LogP contribution < -0.4 is 5.32 Å². The van der Waals surface area contributed by atoms with E-state index in [2.05, 4.69) is 34.5 Å². The first-order valence-corrected chi connectivity index (χ1v) is 6.51. The molecular weight excluding hydrogens is 234 g/mol. The first-order chi connectivity index (χ1) is 8.15. The van der Waals surface area contributed by atoms with Crippen LogP contribution in [0.2, 0.25) is 0 Å². The second kappa shape index (κ2) is 5.37. The number of nitrogens with zero attached hydrogens (tertiary/aromatic N) is 4. The molecule has 0 atom stereocenters. The molecule has 0 unspecified atom stereocenters. The fraction of sp³-hybridized carbons (Fsp3) is 0.545. The quantitative estimate of drug-likeness (QED) is 0.880. The van der Waals surface area contributed by atoms with Crippen molar-refractivity contribution in [1.29, 1.82) is 0 Å². The molecule has 0 saturated heterocycles. The fourth-order valence-corrected chi connectivity index (χ4v) is 2.14. The SMILES string of the molecule is Cc1cnn(-c2nnc(CNCC(C)C)s2)c1. The summed E-state index contributed by atoms with van der Waals surface area (Å²) in [6.07, 6.45) is 3.77. The third-order valence-corrected chi connectivity index (χ3v) is 3.11. The standard InChI is InChI=1S/C11H17N5S/c1-8(2)4-12-6-10-14-15-11(17-10)16-7-9(3)5-13-16/h5,7-8,12H,4,6H2,1-3H3. The number of rotatable bonds is 5. The van der Waals surface area contributed by atoms with Gasteiger partial charge in [-0.15, -0.1) is 10.2 Å². The van der Waals surface area contributed by atoms with Gasteiger partial charge in [0.05, 0.1) is 6.20 Å². The Morgan fingerprint density at radius 3 is 2.88 bits per heavy atom. The van der Waals surface area contributed by atoms with Crippen LogP contribution in [0.15, 0.2) is 12.4 Å². The molecule has 0 spiro atoms. The van der Waals surface area contributed by atoms with Gasteiger partial charge in [0, 0.05) is 12.7 Å². The van der Waals surface area contributed by atoms with Gasteiger partial charge in [-0.1, -0.05) is 25.2 Å². The van der Waals surface area contributed by atoms with Gasteiger partial charge >= 0.3 is 0 Å². The third kappa shape index (κ3) is 3.34. The molecule has 0 aliphatic rings. The van der Waals surface area contributed by atoms with E-state index < -0.39 is 0 Å². The molecule has 17 heavy (non-hydrogen) atoms. The average molecular weight is 251 g/mol. The molecule has 5 nitrogen and oxygen atoms in total. The summed E-state index contributed by atoms with van der Waals surface area (Å²) in [7, 11) is 0. The largest absolute Gasteiger partial charge is 0.310 e. The molecular formula is C11H17N5S. The zero-order valence-electron chi connectivity index (χ0n) is 10.3. The lowest BCUT2D eigenvalue weighted by molar-refractivity contribution is 0.550.